The van der Waals surface area contributed by atoms with Crippen molar-refractivity contribution in [3.63, 3.8) is 0 Å². The summed E-state index contributed by atoms with van der Waals surface area (Å²) in [5, 5.41) is 0. The summed E-state index contributed by atoms with van der Waals surface area (Å²) in [5.74, 6) is 0.0516. The highest BCUT2D eigenvalue weighted by Gasteiger charge is 2.12. The average molecular weight is 387 g/mol. The Bertz CT molecular complexity index is 979. The third-order valence-electron chi connectivity index (χ3n) is 5.13. The van der Waals surface area contributed by atoms with Crippen LogP contribution in [0.1, 0.15) is 27.3 Å². The van der Waals surface area contributed by atoms with E-state index in [9.17, 15) is 4.79 Å². The second-order valence-corrected chi connectivity index (χ2v) is 7.39. The van der Waals surface area contributed by atoms with Crippen molar-refractivity contribution >= 4 is 5.78 Å². The third-order valence-corrected chi connectivity index (χ3v) is 5.13. The Morgan fingerprint density at radius 1 is 1.07 bits per heavy atom. The second-order valence-electron chi connectivity index (χ2n) is 7.39. The molecule has 2 aromatic heterocycles. The molecule has 3 aromatic rings. The lowest BCUT2D eigenvalue weighted by Gasteiger charge is -2.26. The van der Waals surface area contributed by atoms with Gasteiger partial charge in [-0.2, -0.15) is 0 Å². The number of nitrogens with zero attached hydrogens (tertiary/aromatic N) is 3. The quantitative estimate of drug-likeness (QED) is 0.604. The van der Waals surface area contributed by atoms with Crippen molar-refractivity contribution in [2.45, 2.75) is 19.9 Å². The molecule has 1 fully saturated rings. The Morgan fingerprint density at radius 2 is 1.86 bits per heavy atom. The van der Waals surface area contributed by atoms with Gasteiger partial charge in [-0.15, -0.1) is 0 Å². The van der Waals surface area contributed by atoms with Crippen LogP contribution in [-0.2, 0) is 17.7 Å². The average Bonchev–Trinajstić information content (AvgIpc) is 2.75. The maximum absolute atomic E-state index is 12.7. The van der Waals surface area contributed by atoms with Gasteiger partial charge in [-0.3, -0.25) is 19.7 Å². The van der Waals surface area contributed by atoms with Crippen molar-refractivity contribution in [1.82, 2.24) is 14.9 Å². The number of morpholine rings is 1. The molecule has 0 atom stereocenters. The number of hydrogen-bond donors (Lipinski definition) is 0. The summed E-state index contributed by atoms with van der Waals surface area (Å²) in [6.07, 6.45) is 2.00. The molecular formula is C24H25N3O2. The van der Waals surface area contributed by atoms with Gasteiger partial charge in [-0.25, -0.2) is 0 Å². The molecule has 29 heavy (non-hydrogen) atoms. The molecule has 1 aliphatic heterocycles. The van der Waals surface area contributed by atoms with Gasteiger partial charge in [0.25, 0.3) is 0 Å². The highest BCUT2D eigenvalue weighted by molar-refractivity contribution is 5.98. The molecule has 4 rings (SSSR count). The number of ether oxygens (including phenoxy) is 1. The Labute approximate surface area is 171 Å². The first-order valence-electron chi connectivity index (χ1n) is 9.98. The molecule has 0 aliphatic carbocycles. The van der Waals surface area contributed by atoms with Crippen LogP contribution >= 0.6 is 0 Å². The Hall–Kier alpha value is -2.89. The van der Waals surface area contributed by atoms with Crippen LogP contribution in [0.3, 0.4) is 0 Å². The highest BCUT2D eigenvalue weighted by atomic mass is 16.5. The predicted octanol–water partition coefficient (Wildman–Crippen LogP) is 3.71. The lowest BCUT2D eigenvalue weighted by Crippen LogP contribution is -2.35. The van der Waals surface area contributed by atoms with Crippen LogP contribution in [0.5, 0.6) is 0 Å². The number of aryl methyl sites for hydroxylation is 1. The van der Waals surface area contributed by atoms with Crippen LogP contribution < -0.4 is 0 Å². The molecule has 1 aromatic carbocycles. The van der Waals surface area contributed by atoms with E-state index in [4.69, 9.17) is 4.74 Å². The normalized spacial score (nSPS) is 14.7. The molecule has 0 spiro atoms. The molecule has 5 nitrogen and oxygen atoms in total. The number of hydrogen-bond acceptors (Lipinski definition) is 5. The lowest BCUT2D eigenvalue weighted by molar-refractivity contribution is 0.0342. The minimum absolute atomic E-state index is 0.0516. The van der Waals surface area contributed by atoms with Gasteiger partial charge in [-0.1, -0.05) is 30.3 Å². The summed E-state index contributed by atoms with van der Waals surface area (Å²) >= 11 is 0. The van der Waals surface area contributed by atoms with Crippen molar-refractivity contribution in [1.29, 1.82) is 0 Å². The minimum atomic E-state index is 0.0516. The monoisotopic (exact) mass is 387 g/mol. The Kier molecular flexibility index (Phi) is 6.08. The van der Waals surface area contributed by atoms with E-state index in [-0.39, 0.29) is 5.78 Å². The van der Waals surface area contributed by atoms with Crippen LogP contribution in [0.2, 0.25) is 0 Å². The fraction of sp³-hybridized carbons (Fsp3) is 0.292. The summed E-state index contributed by atoms with van der Waals surface area (Å²) in [5.41, 5.74) is 5.47. The molecule has 0 saturated carbocycles. The van der Waals surface area contributed by atoms with E-state index in [1.165, 1.54) is 5.56 Å². The van der Waals surface area contributed by atoms with Gasteiger partial charge in [-0.05, 0) is 36.8 Å². The summed E-state index contributed by atoms with van der Waals surface area (Å²) in [4.78, 5) is 24.0. The first-order valence-corrected chi connectivity index (χ1v) is 9.98. The van der Waals surface area contributed by atoms with Crippen LogP contribution in [0.4, 0.5) is 0 Å². The van der Waals surface area contributed by atoms with Crippen LogP contribution in [-0.4, -0.2) is 47.0 Å². The van der Waals surface area contributed by atoms with Gasteiger partial charge in [0.1, 0.15) is 0 Å². The Balaban J connectivity index is 1.45. The number of aromatic nitrogens is 2. The molecule has 0 N–H and O–H groups in total. The SMILES string of the molecule is Cc1cccc(CC(=O)c2ccnc(-c3ccc(CN4CCOCC4)cc3)c2)n1. The smallest absolute Gasteiger partial charge is 0.168 e. The first-order chi connectivity index (χ1) is 14.2. The zero-order valence-electron chi connectivity index (χ0n) is 16.7. The third kappa shape index (κ3) is 5.13. The molecule has 148 valence electrons. The summed E-state index contributed by atoms with van der Waals surface area (Å²) in [6.45, 7) is 6.43. The molecule has 0 unspecified atom stereocenters. The minimum Gasteiger partial charge on any atom is -0.379 e. The molecule has 1 saturated heterocycles. The number of carbonyl (C=O) groups excluding carboxylic acids is 1. The standard InChI is InChI=1S/C24H25N3O2/c1-18-3-2-4-22(26-18)16-24(28)21-9-10-25-23(15-21)20-7-5-19(6-8-20)17-27-11-13-29-14-12-27/h2-10,15H,11-14,16-17H2,1H3. The molecule has 0 amide bonds. The fourth-order valence-electron chi connectivity index (χ4n) is 3.52. The van der Waals surface area contributed by atoms with Crippen molar-refractivity contribution in [3.05, 3.63) is 83.3 Å². The largest absolute Gasteiger partial charge is 0.379 e. The molecule has 1 aliphatic rings. The maximum Gasteiger partial charge on any atom is 0.168 e. The molecule has 3 heterocycles. The van der Waals surface area contributed by atoms with E-state index < -0.39 is 0 Å². The zero-order valence-corrected chi connectivity index (χ0v) is 16.7. The number of benzene rings is 1. The van der Waals surface area contributed by atoms with E-state index in [1.807, 2.05) is 31.2 Å². The second kappa shape index (κ2) is 9.07. The molecule has 0 radical (unpaired) electrons. The number of rotatable bonds is 6. The number of pyridine rings is 2. The molecule has 5 heteroatoms. The van der Waals surface area contributed by atoms with Crippen LogP contribution in [0, 0.1) is 6.92 Å². The van der Waals surface area contributed by atoms with Gasteiger partial charge in [0.05, 0.1) is 25.3 Å². The number of Topliss-reactive ketones (excluding diaryl/α,β-unsaturated/α-hetero) is 1. The van der Waals surface area contributed by atoms with E-state index in [0.29, 0.717) is 12.0 Å². The summed E-state index contributed by atoms with van der Waals surface area (Å²) in [6, 6.07) is 17.8. The van der Waals surface area contributed by atoms with Crippen molar-refractivity contribution < 1.29 is 9.53 Å². The van der Waals surface area contributed by atoms with E-state index in [0.717, 1.165) is 55.5 Å². The first kappa shape index (κ1) is 19.4. The summed E-state index contributed by atoms with van der Waals surface area (Å²) in [7, 11) is 0. The molecular weight excluding hydrogens is 362 g/mol. The maximum atomic E-state index is 12.7. The summed E-state index contributed by atoms with van der Waals surface area (Å²) < 4.78 is 5.41. The molecule has 0 bridgehead atoms. The van der Waals surface area contributed by atoms with E-state index in [2.05, 4.69) is 39.1 Å². The van der Waals surface area contributed by atoms with Crippen LogP contribution in [0.25, 0.3) is 11.3 Å². The predicted molar refractivity (Wildman–Crippen MR) is 113 cm³/mol. The fourth-order valence-corrected chi connectivity index (χ4v) is 3.52. The Morgan fingerprint density at radius 3 is 2.62 bits per heavy atom. The van der Waals surface area contributed by atoms with Crippen molar-refractivity contribution in [2.75, 3.05) is 26.3 Å². The highest BCUT2D eigenvalue weighted by Crippen LogP contribution is 2.20. The van der Waals surface area contributed by atoms with Gasteiger partial charge < -0.3 is 4.74 Å². The van der Waals surface area contributed by atoms with Crippen LogP contribution in [0.15, 0.2) is 60.8 Å². The van der Waals surface area contributed by atoms with Gasteiger partial charge in [0.2, 0.25) is 0 Å². The van der Waals surface area contributed by atoms with Crippen molar-refractivity contribution in [2.24, 2.45) is 0 Å². The van der Waals surface area contributed by atoms with E-state index >= 15 is 0 Å². The van der Waals surface area contributed by atoms with Gasteiger partial charge >= 0.3 is 0 Å². The zero-order chi connectivity index (χ0) is 20.1. The topological polar surface area (TPSA) is 55.3 Å². The van der Waals surface area contributed by atoms with Gasteiger partial charge in [0.15, 0.2) is 5.78 Å². The number of carbonyl (C=O) groups is 1. The van der Waals surface area contributed by atoms with Crippen molar-refractivity contribution in [3.8, 4) is 11.3 Å². The number of ketones is 1. The van der Waals surface area contributed by atoms with E-state index in [1.54, 1.807) is 12.3 Å². The van der Waals surface area contributed by atoms with Gasteiger partial charge in [0, 0.05) is 48.3 Å². The lowest BCUT2D eigenvalue weighted by atomic mass is 10.0.